The number of carbonyl (C=O) groups excluding carboxylic acids is 2. The molecule has 4 heteroatoms. The number of fused-ring (bicyclic) bond motifs is 1. The van der Waals surface area contributed by atoms with Crippen LogP contribution in [0, 0.1) is 0 Å². The van der Waals surface area contributed by atoms with Crippen LogP contribution in [0.5, 0.6) is 0 Å². The smallest absolute Gasteiger partial charge is 0.305 e. The number of amides is 1. The van der Waals surface area contributed by atoms with E-state index in [0.717, 1.165) is 49.7 Å². The van der Waals surface area contributed by atoms with Crippen LogP contribution in [0.2, 0.25) is 0 Å². The highest BCUT2D eigenvalue weighted by atomic mass is 16.5. The zero-order chi connectivity index (χ0) is 19.9. The first-order chi connectivity index (χ1) is 13.8. The third kappa shape index (κ3) is 9.20. The molecule has 1 heterocycles. The summed E-state index contributed by atoms with van der Waals surface area (Å²) in [6.07, 6.45) is 16.6. The Labute approximate surface area is 169 Å². The molecule has 0 bridgehead atoms. The molecule has 0 atom stereocenters. The first-order valence-electron chi connectivity index (χ1n) is 11.0. The Morgan fingerprint density at radius 1 is 0.786 bits per heavy atom. The highest BCUT2D eigenvalue weighted by molar-refractivity contribution is 5.97. The molecule has 1 amide bonds. The first-order valence-corrected chi connectivity index (χ1v) is 11.0. The van der Waals surface area contributed by atoms with E-state index in [1.807, 2.05) is 24.3 Å². The number of allylic oxidation sites excluding steroid dienone is 1. The minimum atomic E-state index is -0.0908. The number of ether oxygens (including phenoxy) is 1. The molecule has 0 aliphatic carbocycles. The Morgan fingerprint density at radius 3 is 2.36 bits per heavy atom. The van der Waals surface area contributed by atoms with Gasteiger partial charge >= 0.3 is 5.97 Å². The topological polar surface area (TPSA) is 55.4 Å². The van der Waals surface area contributed by atoms with Gasteiger partial charge in [0, 0.05) is 18.5 Å². The van der Waals surface area contributed by atoms with E-state index in [1.54, 1.807) is 0 Å². The van der Waals surface area contributed by atoms with Crippen molar-refractivity contribution in [2.75, 3.05) is 13.2 Å². The Hall–Kier alpha value is -2.10. The van der Waals surface area contributed by atoms with Gasteiger partial charge in [-0.2, -0.15) is 0 Å². The highest BCUT2D eigenvalue weighted by Crippen LogP contribution is 2.14. The van der Waals surface area contributed by atoms with E-state index in [4.69, 9.17) is 4.74 Å². The van der Waals surface area contributed by atoms with Crippen LogP contribution in [0.4, 0.5) is 0 Å². The van der Waals surface area contributed by atoms with Gasteiger partial charge in [0.2, 0.25) is 0 Å². The second kappa shape index (κ2) is 14.0. The van der Waals surface area contributed by atoms with Crippen molar-refractivity contribution < 1.29 is 14.3 Å². The van der Waals surface area contributed by atoms with Gasteiger partial charge in [-0.1, -0.05) is 68.9 Å². The number of esters is 1. The lowest BCUT2D eigenvalue weighted by atomic mass is 10.0. The fraction of sp³-hybridized carbons (Fsp3) is 0.583. The zero-order valence-electron chi connectivity index (χ0n) is 17.1. The van der Waals surface area contributed by atoms with Crippen LogP contribution >= 0.6 is 0 Å². The average Bonchev–Trinajstić information content (AvgIpc) is 2.70. The van der Waals surface area contributed by atoms with Crippen molar-refractivity contribution in [2.45, 2.75) is 77.0 Å². The molecule has 2 rings (SSSR count). The molecule has 0 saturated carbocycles. The molecular formula is C24H35NO3. The van der Waals surface area contributed by atoms with Crippen LogP contribution in [-0.4, -0.2) is 25.0 Å². The predicted molar refractivity (Wildman–Crippen MR) is 114 cm³/mol. The van der Waals surface area contributed by atoms with Gasteiger partial charge < -0.3 is 10.1 Å². The standard InChI is InChI=1S/C24H35NO3/c26-23-18-10-8-13-19-25-24(27)22-17-12-11-16-21(22)15-9-6-4-2-1-3-5-7-14-20-28-23/h9,11-12,15-17H,1-8,10,13-14,18-20H2,(H,25,27)/b15-9+. The number of benzene rings is 1. The fourth-order valence-electron chi connectivity index (χ4n) is 3.43. The van der Waals surface area contributed by atoms with Crippen molar-refractivity contribution in [1.29, 1.82) is 0 Å². The minimum absolute atomic E-state index is 0.0261. The quantitative estimate of drug-likeness (QED) is 0.586. The largest absolute Gasteiger partial charge is 0.466 e. The van der Waals surface area contributed by atoms with Crippen molar-refractivity contribution in [3.8, 4) is 0 Å². The molecule has 0 unspecified atom stereocenters. The Balaban J connectivity index is 1.87. The number of hydrogen-bond donors (Lipinski definition) is 1. The first kappa shape index (κ1) is 22.2. The van der Waals surface area contributed by atoms with E-state index in [9.17, 15) is 9.59 Å². The van der Waals surface area contributed by atoms with Crippen molar-refractivity contribution in [3.63, 3.8) is 0 Å². The monoisotopic (exact) mass is 385 g/mol. The highest BCUT2D eigenvalue weighted by Gasteiger charge is 2.08. The lowest BCUT2D eigenvalue weighted by molar-refractivity contribution is -0.143. The third-order valence-corrected chi connectivity index (χ3v) is 5.12. The molecule has 28 heavy (non-hydrogen) atoms. The average molecular weight is 386 g/mol. The predicted octanol–water partition coefficient (Wildman–Crippen LogP) is 5.67. The van der Waals surface area contributed by atoms with Crippen LogP contribution in [-0.2, 0) is 9.53 Å². The second-order valence-corrected chi connectivity index (χ2v) is 7.54. The van der Waals surface area contributed by atoms with Gasteiger partial charge in [-0.15, -0.1) is 0 Å². The Morgan fingerprint density at radius 2 is 1.50 bits per heavy atom. The molecule has 4 nitrogen and oxygen atoms in total. The molecular weight excluding hydrogens is 350 g/mol. The Bertz CT molecular complexity index is 624. The molecule has 154 valence electrons. The molecule has 1 aliphatic heterocycles. The summed E-state index contributed by atoms with van der Waals surface area (Å²) in [4.78, 5) is 24.2. The lowest BCUT2D eigenvalue weighted by Crippen LogP contribution is -2.25. The number of nitrogens with one attached hydrogen (secondary N) is 1. The van der Waals surface area contributed by atoms with Crippen molar-refractivity contribution in [2.24, 2.45) is 0 Å². The third-order valence-electron chi connectivity index (χ3n) is 5.12. The van der Waals surface area contributed by atoms with E-state index in [2.05, 4.69) is 17.5 Å². The molecule has 0 saturated heterocycles. The van der Waals surface area contributed by atoms with Crippen molar-refractivity contribution in [3.05, 3.63) is 41.5 Å². The van der Waals surface area contributed by atoms with Gasteiger partial charge in [0.25, 0.3) is 5.91 Å². The maximum absolute atomic E-state index is 12.5. The summed E-state index contributed by atoms with van der Waals surface area (Å²) in [7, 11) is 0. The summed E-state index contributed by atoms with van der Waals surface area (Å²) >= 11 is 0. The van der Waals surface area contributed by atoms with Gasteiger partial charge in [0.1, 0.15) is 0 Å². The zero-order valence-corrected chi connectivity index (χ0v) is 17.1. The van der Waals surface area contributed by atoms with Crippen LogP contribution in [0.15, 0.2) is 30.3 Å². The van der Waals surface area contributed by atoms with Crippen LogP contribution in [0.3, 0.4) is 0 Å². The maximum Gasteiger partial charge on any atom is 0.305 e. The van der Waals surface area contributed by atoms with E-state index in [1.165, 1.54) is 32.1 Å². The molecule has 0 radical (unpaired) electrons. The summed E-state index contributed by atoms with van der Waals surface area (Å²) in [5, 5.41) is 3.00. The molecule has 0 aromatic heterocycles. The van der Waals surface area contributed by atoms with E-state index < -0.39 is 0 Å². The normalized spacial score (nSPS) is 20.6. The number of rotatable bonds is 0. The van der Waals surface area contributed by atoms with Gasteiger partial charge in [-0.3, -0.25) is 9.59 Å². The van der Waals surface area contributed by atoms with E-state index >= 15 is 0 Å². The molecule has 1 aromatic rings. The number of hydrogen-bond acceptors (Lipinski definition) is 3. The summed E-state index contributed by atoms with van der Waals surface area (Å²) in [6.45, 7) is 1.19. The molecule has 1 N–H and O–H groups in total. The van der Waals surface area contributed by atoms with Gasteiger partial charge in [0.15, 0.2) is 0 Å². The van der Waals surface area contributed by atoms with Gasteiger partial charge in [0.05, 0.1) is 6.61 Å². The number of carbonyl (C=O) groups is 2. The molecule has 0 fully saturated rings. The SMILES string of the molecule is O=C1CCCCCNC(=O)c2ccccc2/C=C/CCCCCCCCCO1. The lowest BCUT2D eigenvalue weighted by Gasteiger charge is -2.08. The van der Waals surface area contributed by atoms with Crippen LogP contribution in [0.25, 0.3) is 6.08 Å². The fourth-order valence-corrected chi connectivity index (χ4v) is 3.43. The summed E-state index contributed by atoms with van der Waals surface area (Å²) < 4.78 is 5.29. The van der Waals surface area contributed by atoms with Gasteiger partial charge in [-0.25, -0.2) is 0 Å². The van der Waals surface area contributed by atoms with E-state index in [0.29, 0.717) is 19.6 Å². The summed E-state index contributed by atoms with van der Waals surface area (Å²) in [5.74, 6) is -0.117. The van der Waals surface area contributed by atoms with Crippen LogP contribution in [0.1, 0.15) is 93.0 Å². The molecule has 1 aromatic carbocycles. The van der Waals surface area contributed by atoms with Crippen molar-refractivity contribution >= 4 is 18.0 Å². The van der Waals surface area contributed by atoms with Crippen molar-refractivity contribution in [1.82, 2.24) is 5.32 Å². The second-order valence-electron chi connectivity index (χ2n) is 7.54. The minimum Gasteiger partial charge on any atom is -0.466 e. The molecule has 1 aliphatic rings. The Kier molecular flexibility index (Phi) is 11.1. The summed E-state index contributed by atoms with van der Waals surface area (Å²) in [5.41, 5.74) is 1.70. The van der Waals surface area contributed by atoms with Crippen LogP contribution < -0.4 is 5.32 Å². The van der Waals surface area contributed by atoms with E-state index in [-0.39, 0.29) is 11.9 Å². The maximum atomic E-state index is 12.5. The number of cyclic esters (lactones) is 1. The summed E-state index contributed by atoms with van der Waals surface area (Å²) in [6, 6.07) is 7.75. The van der Waals surface area contributed by atoms with Gasteiger partial charge in [-0.05, 0) is 43.7 Å². The molecule has 0 spiro atoms.